The Morgan fingerprint density at radius 2 is 1.72 bits per heavy atom. The van der Waals surface area contributed by atoms with E-state index in [1.165, 1.54) is 0 Å². The van der Waals surface area contributed by atoms with Crippen molar-refractivity contribution in [3.63, 3.8) is 0 Å². The van der Waals surface area contributed by atoms with E-state index in [-0.39, 0.29) is 5.91 Å². The minimum Gasteiger partial charge on any atom is -0.486 e. The van der Waals surface area contributed by atoms with Crippen LogP contribution in [0.15, 0.2) is 60.8 Å². The number of hydrogen-bond acceptors (Lipinski definition) is 5. The van der Waals surface area contributed by atoms with Gasteiger partial charge in [-0.1, -0.05) is 18.2 Å². The molecule has 2 aromatic carbocycles. The van der Waals surface area contributed by atoms with E-state index in [4.69, 9.17) is 14.6 Å². The number of hydrogen-bond donors (Lipinski definition) is 0. The lowest BCUT2D eigenvalue weighted by molar-refractivity contribution is -0.127. The third-order valence-corrected chi connectivity index (χ3v) is 5.80. The van der Waals surface area contributed by atoms with Gasteiger partial charge in [0.25, 0.3) is 0 Å². The third-order valence-electron chi connectivity index (χ3n) is 5.80. The smallest absolute Gasteiger partial charge is 0.246 e. The van der Waals surface area contributed by atoms with Crippen LogP contribution in [0, 0.1) is 0 Å². The van der Waals surface area contributed by atoms with Crippen LogP contribution in [0.2, 0.25) is 0 Å². The second-order valence-corrected chi connectivity index (χ2v) is 8.03. The number of para-hydroxylation sites is 1. The molecule has 164 valence electrons. The molecular weight excluding hydrogens is 404 g/mol. The molecule has 1 fully saturated rings. The molecule has 7 heteroatoms. The number of aromatic nitrogens is 2. The zero-order valence-electron chi connectivity index (χ0n) is 18.1. The van der Waals surface area contributed by atoms with E-state index in [0.717, 1.165) is 54.4 Å². The zero-order valence-corrected chi connectivity index (χ0v) is 18.1. The Morgan fingerprint density at radius 1 is 0.969 bits per heavy atom. The van der Waals surface area contributed by atoms with Gasteiger partial charge in [0, 0.05) is 49.6 Å². The molecule has 3 heterocycles. The highest BCUT2D eigenvalue weighted by molar-refractivity contribution is 5.93. The number of fused-ring (bicyclic) bond motifs is 1. The fourth-order valence-corrected chi connectivity index (χ4v) is 3.93. The Labute approximate surface area is 187 Å². The van der Waals surface area contributed by atoms with Crippen LogP contribution in [0.25, 0.3) is 23.0 Å². The van der Waals surface area contributed by atoms with Crippen LogP contribution in [0.5, 0.6) is 11.5 Å². The van der Waals surface area contributed by atoms with E-state index >= 15 is 0 Å². The van der Waals surface area contributed by atoms with E-state index in [9.17, 15) is 4.79 Å². The second kappa shape index (κ2) is 8.88. The minimum atomic E-state index is 0.0266. The molecule has 0 saturated carbocycles. The Balaban J connectivity index is 1.48. The summed E-state index contributed by atoms with van der Waals surface area (Å²) in [5.41, 5.74) is 3.52. The summed E-state index contributed by atoms with van der Waals surface area (Å²) in [5, 5.41) is 4.84. The van der Waals surface area contributed by atoms with Crippen LogP contribution in [-0.4, -0.2) is 71.9 Å². The first-order valence-electron chi connectivity index (χ1n) is 10.9. The van der Waals surface area contributed by atoms with Crippen molar-refractivity contribution in [2.75, 3.05) is 46.4 Å². The normalized spacial score (nSPS) is 16.5. The van der Waals surface area contributed by atoms with Crippen molar-refractivity contribution in [2.24, 2.45) is 0 Å². The van der Waals surface area contributed by atoms with Gasteiger partial charge in [0.15, 0.2) is 11.5 Å². The number of ether oxygens (including phenoxy) is 2. The van der Waals surface area contributed by atoms with Crippen molar-refractivity contribution >= 4 is 12.0 Å². The number of amides is 1. The Kier molecular flexibility index (Phi) is 5.64. The molecule has 0 unspecified atom stereocenters. The Hall–Kier alpha value is -3.58. The molecule has 7 nitrogen and oxygen atoms in total. The molecule has 1 amide bonds. The first-order valence-corrected chi connectivity index (χ1v) is 10.9. The van der Waals surface area contributed by atoms with E-state index < -0.39 is 0 Å². The predicted octanol–water partition coefficient (Wildman–Crippen LogP) is 3.10. The number of nitrogens with zero attached hydrogens (tertiary/aromatic N) is 4. The predicted molar refractivity (Wildman–Crippen MR) is 123 cm³/mol. The second-order valence-electron chi connectivity index (χ2n) is 8.03. The lowest BCUT2D eigenvalue weighted by Gasteiger charge is -2.31. The lowest BCUT2D eigenvalue weighted by atomic mass is 10.1. The van der Waals surface area contributed by atoms with Gasteiger partial charge in [0.05, 0.1) is 5.69 Å². The summed E-state index contributed by atoms with van der Waals surface area (Å²) in [4.78, 5) is 16.9. The summed E-state index contributed by atoms with van der Waals surface area (Å²) < 4.78 is 13.3. The van der Waals surface area contributed by atoms with E-state index in [2.05, 4.69) is 11.9 Å². The number of carbonyl (C=O) groups is 1. The average molecular weight is 431 g/mol. The highest BCUT2D eigenvalue weighted by Crippen LogP contribution is 2.35. The molecule has 0 atom stereocenters. The van der Waals surface area contributed by atoms with Gasteiger partial charge in [-0.15, -0.1) is 0 Å². The van der Waals surface area contributed by atoms with Crippen LogP contribution < -0.4 is 9.47 Å². The molecule has 0 spiro atoms. The highest BCUT2D eigenvalue weighted by atomic mass is 16.6. The minimum absolute atomic E-state index is 0.0266. The molecule has 0 N–H and O–H groups in total. The lowest BCUT2D eigenvalue weighted by Crippen LogP contribution is -2.46. The fraction of sp³-hybridized carbons (Fsp3) is 0.280. The maximum absolute atomic E-state index is 12.8. The maximum Gasteiger partial charge on any atom is 0.246 e. The zero-order chi connectivity index (χ0) is 21.9. The quantitative estimate of drug-likeness (QED) is 0.596. The number of likely N-dealkylation sites (N-methyl/N-ethyl adjacent to an activating group) is 1. The number of rotatable bonds is 4. The molecule has 0 aliphatic carbocycles. The molecule has 0 radical (unpaired) electrons. The monoisotopic (exact) mass is 430 g/mol. The summed E-state index contributed by atoms with van der Waals surface area (Å²) >= 11 is 0. The Morgan fingerprint density at radius 3 is 2.50 bits per heavy atom. The van der Waals surface area contributed by atoms with Crippen molar-refractivity contribution in [3.05, 3.63) is 66.4 Å². The summed E-state index contributed by atoms with van der Waals surface area (Å²) in [6, 6.07) is 15.8. The summed E-state index contributed by atoms with van der Waals surface area (Å²) in [6.07, 6.45) is 5.47. The van der Waals surface area contributed by atoms with Crippen LogP contribution >= 0.6 is 0 Å². The van der Waals surface area contributed by atoms with Crippen molar-refractivity contribution < 1.29 is 14.3 Å². The molecule has 3 aromatic rings. The largest absolute Gasteiger partial charge is 0.486 e. The van der Waals surface area contributed by atoms with Crippen molar-refractivity contribution in [1.29, 1.82) is 0 Å². The third kappa shape index (κ3) is 4.24. The van der Waals surface area contributed by atoms with Gasteiger partial charge in [-0.3, -0.25) is 4.79 Å². The van der Waals surface area contributed by atoms with E-state index in [0.29, 0.717) is 19.0 Å². The first kappa shape index (κ1) is 20.3. The molecule has 2 aliphatic heterocycles. The van der Waals surface area contributed by atoms with E-state index in [1.54, 1.807) is 6.08 Å². The maximum atomic E-state index is 12.8. The molecule has 5 rings (SSSR count). The number of piperazine rings is 1. The summed E-state index contributed by atoms with van der Waals surface area (Å²) in [6.45, 7) is 4.37. The summed E-state index contributed by atoms with van der Waals surface area (Å²) in [7, 11) is 2.08. The van der Waals surface area contributed by atoms with Gasteiger partial charge in [0.1, 0.15) is 18.9 Å². The molecular formula is C25H26N4O3. The number of carbonyl (C=O) groups excluding carboxylic acids is 1. The van der Waals surface area contributed by atoms with Crippen molar-refractivity contribution in [1.82, 2.24) is 19.6 Å². The van der Waals surface area contributed by atoms with Gasteiger partial charge in [0.2, 0.25) is 5.91 Å². The van der Waals surface area contributed by atoms with Crippen LogP contribution in [-0.2, 0) is 4.79 Å². The average Bonchev–Trinajstić information content (AvgIpc) is 3.27. The molecule has 1 saturated heterocycles. The Bertz CT molecular complexity index is 1130. The summed E-state index contributed by atoms with van der Waals surface area (Å²) in [5.74, 6) is 1.48. The number of benzene rings is 2. The standard InChI is InChI=1S/C25H26N4O3/c1-27-11-13-28(14-12-27)24(30)10-8-20-18-29(21-5-3-2-4-6-21)26-25(20)19-7-9-22-23(17-19)32-16-15-31-22/h2-10,17-18H,11-16H2,1H3/b10-8+. The SMILES string of the molecule is CN1CCN(C(=O)/C=C/c2cn(-c3ccccc3)nc2-c2ccc3c(c2)OCCO3)CC1. The molecule has 1 aromatic heterocycles. The van der Waals surface area contributed by atoms with Gasteiger partial charge >= 0.3 is 0 Å². The molecule has 0 bridgehead atoms. The van der Waals surface area contributed by atoms with Crippen molar-refractivity contribution in [3.8, 4) is 28.4 Å². The van der Waals surface area contributed by atoms with Gasteiger partial charge in [-0.2, -0.15) is 5.10 Å². The molecule has 2 aliphatic rings. The fourth-order valence-electron chi connectivity index (χ4n) is 3.93. The van der Waals surface area contributed by atoms with Crippen LogP contribution in [0.3, 0.4) is 0 Å². The van der Waals surface area contributed by atoms with Gasteiger partial charge in [-0.05, 0) is 43.5 Å². The van der Waals surface area contributed by atoms with E-state index in [1.807, 2.05) is 70.4 Å². The van der Waals surface area contributed by atoms with Crippen LogP contribution in [0.1, 0.15) is 5.56 Å². The first-order chi connectivity index (χ1) is 15.7. The molecule has 32 heavy (non-hydrogen) atoms. The highest BCUT2D eigenvalue weighted by Gasteiger charge is 2.19. The van der Waals surface area contributed by atoms with Gasteiger partial charge < -0.3 is 19.3 Å². The van der Waals surface area contributed by atoms with Gasteiger partial charge in [-0.25, -0.2) is 4.68 Å². The van der Waals surface area contributed by atoms with Crippen LogP contribution in [0.4, 0.5) is 0 Å². The van der Waals surface area contributed by atoms with Crippen molar-refractivity contribution in [2.45, 2.75) is 0 Å². The topological polar surface area (TPSA) is 59.8 Å².